The second-order valence-electron chi connectivity index (χ2n) is 4.11. The van der Waals surface area contributed by atoms with Gasteiger partial charge in [0, 0.05) is 5.75 Å². The lowest BCUT2D eigenvalue weighted by Gasteiger charge is -2.29. The van der Waals surface area contributed by atoms with Crippen LogP contribution in [0.15, 0.2) is 0 Å². The van der Waals surface area contributed by atoms with Crippen LogP contribution >= 0.6 is 15.9 Å². The summed E-state index contributed by atoms with van der Waals surface area (Å²) >= 11 is 3.02. The Labute approximate surface area is 88.6 Å². The molecule has 5 heteroatoms. The molecule has 1 N–H and O–H groups in total. The lowest BCUT2D eigenvalue weighted by Crippen LogP contribution is -2.39. The van der Waals surface area contributed by atoms with Crippen LogP contribution in [-0.2, 0) is 9.84 Å². The maximum Gasteiger partial charge on any atom is 0.165 e. The first-order valence-electron chi connectivity index (χ1n) is 4.16. The molecular formula is C8H17BrO3S. The number of hydrogen-bond acceptors (Lipinski definition) is 3. The molecule has 0 bridgehead atoms. The zero-order valence-corrected chi connectivity index (χ0v) is 10.8. The Morgan fingerprint density at radius 2 is 1.77 bits per heavy atom. The zero-order chi connectivity index (χ0) is 10.9. The highest BCUT2D eigenvalue weighted by atomic mass is 79.9. The van der Waals surface area contributed by atoms with Gasteiger partial charge in [0.15, 0.2) is 9.84 Å². The molecule has 3 nitrogen and oxygen atoms in total. The van der Waals surface area contributed by atoms with E-state index in [9.17, 15) is 13.5 Å². The largest absolute Gasteiger partial charge is 0.390 e. The van der Waals surface area contributed by atoms with Gasteiger partial charge in [0.1, 0.15) is 4.16 Å². The number of hydrogen-bond donors (Lipinski definition) is 1. The van der Waals surface area contributed by atoms with Crippen molar-refractivity contribution in [1.82, 2.24) is 0 Å². The number of rotatable bonds is 3. The molecule has 0 aromatic rings. The lowest BCUT2D eigenvalue weighted by molar-refractivity contribution is 0.0772. The average molecular weight is 273 g/mol. The number of aliphatic hydroxyl groups is 1. The van der Waals surface area contributed by atoms with Crippen LogP contribution in [0, 0.1) is 5.41 Å². The van der Waals surface area contributed by atoms with Crippen molar-refractivity contribution in [2.75, 3.05) is 5.75 Å². The molecule has 0 spiro atoms. The molecule has 0 radical (unpaired) electrons. The zero-order valence-electron chi connectivity index (χ0n) is 8.41. The van der Waals surface area contributed by atoms with Gasteiger partial charge in [-0.1, -0.05) is 43.6 Å². The van der Waals surface area contributed by atoms with Gasteiger partial charge in [-0.25, -0.2) is 8.42 Å². The van der Waals surface area contributed by atoms with Crippen LogP contribution in [-0.4, -0.2) is 29.5 Å². The van der Waals surface area contributed by atoms with Gasteiger partial charge < -0.3 is 5.11 Å². The molecule has 0 amide bonds. The fourth-order valence-electron chi connectivity index (χ4n) is 0.749. The van der Waals surface area contributed by atoms with Crippen LogP contribution in [0.4, 0.5) is 0 Å². The highest BCUT2D eigenvalue weighted by Gasteiger charge is 2.36. The molecule has 13 heavy (non-hydrogen) atoms. The van der Waals surface area contributed by atoms with Gasteiger partial charge in [0.05, 0.1) is 6.10 Å². The predicted molar refractivity (Wildman–Crippen MR) is 57.6 cm³/mol. The number of alkyl halides is 1. The topological polar surface area (TPSA) is 54.4 Å². The highest BCUT2D eigenvalue weighted by molar-refractivity contribution is 9.11. The molecule has 0 rings (SSSR count). The first kappa shape index (κ1) is 13.4. The lowest BCUT2D eigenvalue weighted by atomic mass is 9.90. The normalized spacial score (nSPS) is 18.3. The Kier molecular flexibility index (Phi) is 4.40. The second kappa shape index (κ2) is 4.28. The van der Waals surface area contributed by atoms with E-state index in [2.05, 4.69) is 15.9 Å². The number of halogens is 1. The summed E-state index contributed by atoms with van der Waals surface area (Å²) in [5.74, 6) is 0.0378. The summed E-state index contributed by atoms with van der Waals surface area (Å²) in [5.41, 5.74) is -0.434. The molecule has 0 aliphatic heterocycles. The fourth-order valence-corrected chi connectivity index (χ4v) is 3.45. The Morgan fingerprint density at radius 3 is 2.00 bits per heavy atom. The van der Waals surface area contributed by atoms with Gasteiger partial charge in [-0.3, -0.25) is 0 Å². The van der Waals surface area contributed by atoms with Gasteiger partial charge in [-0.15, -0.1) is 0 Å². The quantitative estimate of drug-likeness (QED) is 0.794. The summed E-state index contributed by atoms with van der Waals surface area (Å²) in [7, 11) is -3.21. The second-order valence-corrected chi connectivity index (χ2v) is 8.12. The summed E-state index contributed by atoms with van der Waals surface area (Å²) in [6, 6.07) is 0. The van der Waals surface area contributed by atoms with Crippen molar-refractivity contribution in [3.05, 3.63) is 0 Å². The molecule has 0 heterocycles. The first-order valence-corrected chi connectivity index (χ1v) is 6.79. The van der Waals surface area contributed by atoms with Crippen molar-refractivity contribution in [3.8, 4) is 0 Å². The molecule has 0 aliphatic rings. The summed E-state index contributed by atoms with van der Waals surface area (Å²) in [5, 5.41) is 9.69. The van der Waals surface area contributed by atoms with Gasteiger partial charge in [-0.05, 0) is 5.41 Å². The van der Waals surface area contributed by atoms with E-state index < -0.39 is 25.5 Å². The molecular weight excluding hydrogens is 256 g/mol. The molecule has 2 atom stereocenters. The molecule has 0 aliphatic carbocycles. The van der Waals surface area contributed by atoms with Gasteiger partial charge in [0.25, 0.3) is 0 Å². The minimum absolute atomic E-state index is 0.0378. The minimum atomic E-state index is -3.21. The van der Waals surface area contributed by atoms with Crippen molar-refractivity contribution in [2.24, 2.45) is 5.41 Å². The first-order chi connectivity index (χ1) is 5.63. The molecule has 0 fully saturated rings. The maximum atomic E-state index is 11.4. The Morgan fingerprint density at radius 1 is 1.38 bits per heavy atom. The van der Waals surface area contributed by atoms with E-state index in [1.165, 1.54) is 0 Å². The van der Waals surface area contributed by atoms with Crippen molar-refractivity contribution < 1.29 is 13.5 Å². The van der Waals surface area contributed by atoms with Gasteiger partial charge >= 0.3 is 0 Å². The van der Waals surface area contributed by atoms with Crippen LogP contribution in [0.2, 0.25) is 0 Å². The predicted octanol–water partition coefficient (Wildman–Crippen LogP) is 1.55. The number of sulfone groups is 1. The van der Waals surface area contributed by atoms with Crippen molar-refractivity contribution in [3.63, 3.8) is 0 Å². The van der Waals surface area contributed by atoms with Crippen molar-refractivity contribution >= 4 is 25.8 Å². The third-order valence-corrected chi connectivity index (χ3v) is 5.84. The van der Waals surface area contributed by atoms with Gasteiger partial charge in [-0.2, -0.15) is 0 Å². The minimum Gasteiger partial charge on any atom is -0.390 e. The summed E-state index contributed by atoms with van der Waals surface area (Å²) in [6.07, 6.45) is -0.891. The van der Waals surface area contributed by atoms with Crippen LogP contribution in [0.1, 0.15) is 27.7 Å². The summed E-state index contributed by atoms with van der Waals surface area (Å²) in [6.45, 7) is 6.98. The van der Waals surface area contributed by atoms with E-state index in [0.717, 1.165) is 0 Å². The molecule has 0 saturated heterocycles. The van der Waals surface area contributed by atoms with Crippen LogP contribution in [0.5, 0.6) is 0 Å². The SMILES string of the molecule is CCS(=O)(=O)[C@H](Br)[C@@H](O)C(C)(C)C. The van der Waals surface area contributed by atoms with E-state index in [4.69, 9.17) is 0 Å². The van der Waals surface area contributed by atoms with E-state index in [0.29, 0.717) is 0 Å². The van der Waals surface area contributed by atoms with E-state index in [-0.39, 0.29) is 5.75 Å². The standard InChI is InChI=1S/C8H17BrO3S/c1-5-13(11,12)7(9)6(10)8(2,3)4/h6-7,10H,5H2,1-4H3/t6-,7+/m1/s1. The molecule has 0 aromatic carbocycles. The monoisotopic (exact) mass is 272 g/mol. The highest BCUT2D eigenvalue weighted by Crippen LogP contribution is 2.28. The molecule has 80 valence electrons. The summed E-state index contributed by atoms with van der Waals surface area (Å²) < 4.78 is 21.9. The molecule has 0 unspecified atom stereocenters. The van der Waals surface area contributed by atoms with E-state index >= 15 is 0 Å². The average Bonchev–Trinajstić information content (AvgIpc) is 2.00. The smallest absolute Gasteiger partial charge is 0.165 e. The maximum absolute atomic E-state index is 11.4. The van der Waals surface area contributed by atoms with Crippen LogP contribution in [0.3, 0.4) is 0 Å². The molecule has 0 saturated carbocycles. The van der Waals surface area contributed by atoms with E-state index in [1.807, 2.05) is 0 Å². The van der Waals surface area contributed by atoms with Crippen LogP contribution < -0.4 is 0 Å². The van der Waals surface area contributed by atoms with Gasteiger partial charge in [0.2, 0.25) is 0 Å². The number of aliphatic hydroxyl groups excluding tert-OH is 1. The Bertz CT molecular complexity index is 253. The fraction of sp³-hybridized carbons (Fsp3) is 1.00. The Hall–Kier alpha value is 0.390. The van der Waals surface area contributed by atoms with Crippen molar-refractivity contribution in [1.29, 1.82) is 0 Å². The molecule has 0 aromatic heterocycles. The summed E-state index contributed by atoms with van der Waals surface area (Å²) in [4.78, 5) is 0. The third kappa shape index (κ3) is 3.56. The third-order valence-electron chi connectivity index (χ3n) is 1.88. The van der Waals surface area contributed by atoms with E-state index in [1.54, 1.807) is 27.7 Å². The van der Waals surface area contributed by atoms with Crippen LogP contribution in [0.25, 0.3) is 0 Å². The van der Waals surface area contributed by atoms with Crippen molar-refractivity contribution in [2.45, 2.75) is 38.0 Å². The Balaban J connectivity index is 4.73.